The van der Waals surface area contributed by atoms with Crippen LogP contribution >= 0.6 is 0 Å². The quantitative estimate of drug-likeness (QED) is 0.127. The van der Waals surface area contributed by atoms with Crippen LogP contribution in [0.2, 0.25) is 0 Å². The van der Waals surface area contributed by atoms with E-state index in [4.69, 9.17) is 28.4 Å². The lowest BCUT2D eigenvalue weighted by molar-refractivity contribution is -0.340. The maximum atomic E-state index is 11.5. The van der Waals surface area contributed by atoms with Gasteiger partial charge in [-0.25, -0.2) is 0 Å². The van der Waals surface area contributed by atoms with E-state index in [0.717, 1.165) is 6.92 Å². The summed E-state index contributed by atoms with van der Waals surface area (Å²) in [4.78, 5) is 11.5. The first-order chi connectivity index (χ1) is 17.4. The number of esters is 1. The molecular weight excluding hydrogens is 512 g/mol. The zero-order valence-electron chi connectivity index (χ0n) is 19.6. The van der Waals surface area contributed by atoms with Crippen molar-refractivity contribution in [3.05, 3.63) is 0 Å². The second kappa shape index (κ2) is 12.8. The van der Waals surface area contributed by atoms with E-state index >= 15 is 0 Å². The van der Waals surface area contributed by atoms with Crippen LogP contribution in [0.5, 0.6) is 0 Å². The minimum absolute atomic E-state index is 0.597. The number of rotatable bonds is 8. The average molecular weight is 546 g/mol. The van der Waals surface area contributed by atoms with E-state index < -0.39 is 118 Å². The van der Waals surface area contributed by atoms with Crippen LogP contribution < -0.4 is 0 Å². The first-order valence-electron chi connectivity index (χ1n) is 11.5. The van der Waals surface area contributed by atoms with Gasteiger partial charge in [0.25, 0.3) is 0 Å². The Balaban J connectivity index is 1.67. The van der Waals surface area contributed by atoms with E-state index in [1.165, 1.54) is 0 Å². The van der Waals surface area contributed by atoms with Crippen molar-refractivity contribution in [1.29, 1.82) is 0 Å². The summed E-state index contributed by atoms with van der Waals surface area (Å²) in [7, 11) is 0. The zero-order valence-corrected chi connectivity index (χ0v) is 19.6. The van der Waals surface area contributed by atoms with Crippen LogP contribution in [0.3, 0.4) is 0 Å². The first-order valence-corrected chi connectivity index (χ1v) is 11.5. The van der Waals surface area contributed by atoms with Crippen molar-refractivity contribution in [3.8, 4) is 0 Å². The molecule has 0 spiro atoms. The first kappa shape index (κ1) is 30.4. The Labute approximate surface area is 209 Å². The van der Waals surface area contributed by atoms with Gasteiger partial charge in [0.1, 0.15) is 67.1 Å². The Hall–Kier alpha value is -1.13. The van der Waals surface area contributed by atoms with Crippen molar-refractivity contribution in [2.24, 2.45) is 0 Å². The molecule has 216 valence electrons. The summed E-state index contributed by atoms with van der Waals surface area (Å²) < 4.78 is 31.6. The smallest absolute Gasteiger partial charge is 0.303 e. The summed E-state index contributed by atoms with van der Waals surface area (Å²) in [6.07, 6.45) is -24.6. The highest BCUT2D eigenvalue weighted by atomic mass is 16.7. The highest BCUT2D eigenvalue weighted by Crippen LogP contribution is 2.28. The van der Waals surface area contributed by atoms with E-state index in [1.807, 2.05) is 0 Å². The summed E-state index contributed by atoms with van der Waals surface area (Å²) in [5, 5.41) is 99.4. The molecule has 37 heavy (non-hydrogen) atoms. The van der Waals surface area contributed by atoms with Gasteiger partial charge < -0.3 is 79.5 Å². The summed E-state index contributed by atoms with van der Waals surface area (Å²) in [6, 6.07) is 0. The van der Waals surface area contributed by atoms with Crippen LogP contribution in [-0.2, 0) is 33.2 Å². The highest BCUT2D eigenvalue weighted by Gasteiger charge is 2.50. The fourth-order valence-electron chi connectivity index (χ4n) is 4.15. The molecule has 3 fully saturated rings. The van der Waals surface area contributed by atoms with Gasteiger partial charge in [0, 0.05) is 6.92 Å². The van der Waals surface area contributed by atoms with Crippen molar-refractivity contribution < 1.29 is 84.3 Å². The number of carbonyl (C=O) groups excluding carboxylic acids is 1. The van der Waals surface area contributed by atoms with Gasteiger partial charge in [0.2, 0.25) is 0 Å². The Morgan fingerprint density at radius 2 is 1.11 bits per heavy atom. The molecule has 15 atom stereocenters. The van der Waals surface area contributed by atoms with E-state index in [0.29, 0.717) is 0 Å². The maximum Gasteiger partial charge on any atom is 0.303 e. The Kier molecular flexibility index (Phi) is 10.5. The van der Waals surface area contributed by atoms with Gasteiger partial charge in [-0.2, -0.15) is 0 Å². The fourth-order valence-corrected chi connectivity index (χ4v) is 4.15. The maximum absolute atomic E-state index is 11.5. The largest absolute Gasteiger partial charge is 0.454 e. The third-order valence-electron chi connectivity index (χ3n) is 6.33. The highest BCUT2D eigenvalue weighted by molar-refractivity contribution is 5.66. The lowest BCUT2D eigenvalue weighted by Gasteiger charge is -2.44. The summed E-state index contributed by atoms with van der Waals surface area (Å²) >= 11 is 0. The fraction of sp³-hybridized carbons (Fsp3) is 0.950. The van der Waals surface area contributed by atoms with Crippen LogP contribution in [0.1, 0.15) is 6.92 Å². The van der Waals surface area contributed by atoms with Gasteiger partial charge in [-0.05, 0) is 0 Å². The van der Waals surface area contributed by atoms with E-state index in [2.05, 4.69) is 0 Å². The minimum atomic E-state index is -1.85. The molecule has 3 saturated heterocycles. The summed E-state index contributed by atoms with van der Waals surface area (Å²) in [6.45, 7) is -0.887. The molecule has 17 heteroatoms. The molecule has 0 aromatic carbocycles. The average Bonchev–Trinajstić information content (AvgIpc) is 2.86. The van der Waals surface area contributed by atoms with Gasteiger partial charge in [-0.1, -0.05) is 0 Å². The van der Waals surface area contributed by atoms with Gasteiger partial charge >= 0.3 is 5.97 Å². The minimum Gasteiger partial charge on any atom is -0.454 e. The van der Waals surface area contributed by atoms with Crippen LogP contribution in [0.25, 0.3) is 0 Å². The number of hydrogen-bond donors (Lipinski definition) is 10. The molecule has 0 bridgehead atoms. The standard InChI is InChI=1S/C20H34O17/c1-5(22)34-17-14(28)11(25)8(4-32-19-16(30)13(27)9(23)6(2-21)36-19)37-20(17)33-3-7-10(24)12(26)15(29)18(31)35-7/h6-21,23-31H,2-4H2,1H3/t6?,7?,8?,9-,10-,11-,12+,13+,14+,15?,16?,17?,18-,19-,20-/m1/s1. The topological polar surface area (TPSA) is 275 Å². The monoisotopic (exact) mass is 546 g/mol. The number of hydrogen-bond acceptors (Lipinski definition) is 17. The van der Waals surface area contributed by atoms with Gasteiger partial charge in [-0.15, -0.1) is 0 Å². The molecule has 3 aliphatic rings. The molecule has 17 nitrogen and oxygen atoms in total. The lowest BCUT2D eigenvalue weighted by atomic mass is 9.98. The van der Waals surface area contributed by atoms with Crippen LogP contribution in [0.4, 0.5) is 0 Å². The van der Waals surface area contributed by atoms with Crippen LogP contribution in [-0.4, -0.2) is 169 Å². The van der Waals surface area contributed by atoms with E-state index in [9.17, 15) is 55.9 Å². The molecule has 3 rings (SSSR count). The van der Waals surface area contributed by atoms with Crippen molar-refractivity contribution in [2.75, 3.05) is 19.8 Å². The van der Waals surface area contributed by atoms with Crippen molar-refractivity contribution in [2.45, 2.75) is 99.0 Å². The Bertz CT molecular complexity index is 740. The molecule has 0 radical (unpaired) electrons. The molecule has 6 unspecified atom stereocenters. The van der Waals surface area contributed by atoms with Gasteiger partial charge in [0.15, 0.2) is 25.0 Å². The normalized spacial score (nSPS) is 49.0. The zero-order chi connectivity index (χ0) is 27.6. The van der Waals surface area contributed by atoms with Gasteiger partial charge in [0.05, 0.1) is 19.8 Å². The molecule has 0 aromatic rings. The summed E-state index contributed by atoms with van der Waals surface area (Å²) in [5.41, 5.74) is 0. The van der Waals surface area contributed by atoms with Crippen molar-refractivity contribution in [1.82, 2.24) is 0 Å². The van der Waals surface area contributed by atoms with Crippen molar-refractivity contribution in [3.63, 3.8) is 0 Å². The molecule has 0 aromatic heterocycles. The number of ether oxygens (including phenoxy) is 6. The molecular formula is C20H34O17. The second-order valence-corrected chi connectivity index (χ2v) is 9.00. The Morgan fingerprint density at radius 1 is 0.622 bits per heavy atom. The predicted octanol–water partition coefficient (Wildman–Crippen LogP) is -7.00. The predicted molar refractivity (Wildman–Crippen MR) is 111 cm³/mol. The Morgan fingerprint density at radius 3 is 1.70 bits per heavy atom. The SMILES string of the molecule is CC(=O)OC1[C@H](OCC2O[C@@H](O)C(O)[C@@H](O)[C@@H]2O)OC(CO[C@@H]2OC(CO)[C@@H](O)[C@H](O)C2O)[C@@H](O)[C@@H]1O. The van der Waals surface area contributed by atoms with Crippen LogP contribution in [0, 0.1) is 0 Å². The number of aliphatic hydroxyl groups excluding tert-OH is 10. The third-order valence-corrected chi connectivity index (χ3v) is 6.33. The van der Waals surface area contributed by atoms with Gasteiger partial charge in [-0.3, -0.25) is 4.79 Å². The second-order valence-electron chi connectivity index (χ2n) is 9.00. The third kappa shape index (κ3) is 6.72. The number of aliphatic hydroxyl groups is 10. The van der Waals surface area contributed by atoms with Crippen LogP contribution in [0.15, 0.2) is 0 Å². The number of carbonyl (C=O) groups is 1. The summed E-state index contributed by atoms with van der Waals surface area (Å²) in [5.74, 6) is -0.868. The molecule has 10 N–H and O–H groups in total. The lowest BCUT2D eigenvalue weighted by Crippen LogP contribution is -2.63. The van der Waals surface area contributed by atoms with E-state index in [1.54, 1.807) is 0 Å². The molecule has 3 aliphatic heterocycles. The molecule has 3 heterocycles. The molecule has 0 aliphatic carbocycles. The molecule has 0 amide bonds. The molecule has 0 saturated carbocycles. The van der Waals surface area contributed by atoms with Crippen molar-refractivity contribution >= 4 is 5.97 Å². The van der Waals surface area contributed by atoms with E-state index in [-0.39, 0.29) is 0 Å².